The van der Waals surface area contributed by atoms with Gasteiger partial charge >= 0.3 is 0 Å². The number of nitrogens with one attached hydrogen (secondary N) is 1. The van der Waals surface area contributed by atoms with Crippen molar-refractivity contribution in [2.24, 2.45) is 0 Å². The smallest absolute Gasteiger partial charge is 0.291 e. The molecule has 1 aromatic heterocycles. The zero-order valence-corrected chi connectivity index (χ0v) is 12.3. The number of anilines is 1. The first-order valence-electron chi connectivity index (χ1n) is 6.31. The third-order valence-corrected chi connectivity index (χ3v) is 3.74. The Kier molecular flexibility index (Phi) is 3.27. The zero-order chi connectivity index (χ0) is 17.8. The van der Waals surface area contributed by atoms with Crippen molar-refractivity contribution in [3.05, 3.63) is 54.8 Å². The Balaban J connectivity index is 2.33. The molecular formula is C13H7ClN4O6. The van der Waals surface area contributed by atoms with E-state index in [4.69, 9.17) is 17.3 Å². The van der Waals surface area contributed by atoms with Gasteiger partial charge in [-0.2, -0.15) is 0 Å². The molecule has 1 aliphatic heterocycles. The minimum absolute atomic E-state index is 0.189. The van der Waals surface area contributed by atoms with Gasteiger partial charge in [0.25, 0.3) is 23.1 Å². The quantitative estimate of drug-likeness (QED) is 0.405. The second-order valence-electron chi connectivity index (χ2n) is 4.82. The first kappa shape index (κ1) is 15.5. The zero-order valence-electron chi connectivity index (χ0n) is 11.6. The monoisotopic (exact) mass is 350 g/mol. The van der Waals surface area contributed by atoms with Crippen LogP contribution in [0.3, 0.4) is 0 Å². The summed E-state index contributed by atoms with van der Waals surface area (Å²) in [5.74, 6) is -2.61. The van der Waals surface area contributed by atoms with E-state index in [9.17, 15) is 29.6 Å². The molecule has 0 saturated heterocycles. The maximum atomic E-state index is 12.2. The van der Waals surface area contributed by atoms with Crippen molar-refractivity contribution >= 4 is 34.9 Å². The summed E-state index contributed by atoms with van der Waals surface area (Å²) in [6.07, 6.45) is 0. The molecule has 24 heavy (non-hydrogen) atoms. The first-order valence-corrected chi connectivity index (χ1v) is 6.68. The summed E-state index contributed by atoms with van der Waals surface area (Å²) in [6.45, 7) is 0. The summed E-state index contributed by atoms with van der Waals surface area (Å²) in [5, 5.41) is 22.4. The van der Waals surface area contributed by atoms with E-state index in [-0.39, 0.29) is 21.8 Å². The second kappa shape index (κ2) is 5.06. The van der Waals surface area contributed by atoms with Gasteiger partial charge in [0.1, 0.15) is 16.6 Å². The molecule has 0 saturated carbocycles. The predicted octanol–water partition coefficient (Wildman–Crippen LogP) is 0.570. The Morgan fingerprint density at radius 3 is 2.50 bits per heavy atom. The highest BCUT2D eigenvalue weighted by Gasteiger charge is 2.32. The summed E-state index contributed by atoms with van der Waals surface area (Å²) in [5.41, 5.74) is 3.73. The molecule has 122 valence electrons. The standard InChI is InChI=1S/C13H7ClN4O6/c14-5-2-7(8(19)3-6(5)18(23)24)17-9(20)1-4-10(11(17)15)13(22)16-12(4)21/h1-3,19H,15H2,(H,16,21,22). The number of carbonyl (C=O) groups is 2. The van der Waals surface area contributed by atoms with Crippen molar-refractivity contribution < 1.29 is 19.6 Å². The number of aromatic nitrogens is 1. The van der Waals surface area contributed by atoms with Gasteiger partial charge in [-0.15, -0.1) is 0 Å². The maximum absolute atomic E-state index is 12.2. The number of nitrogens with zero attached hydrogens (tertiary/aromatic N) is 2. The molecule has 2 heterocycles. The SMILES string of the molecule is Nc1c2c(cc(=O)n1-c1cc(Cl)c([N+](=O)[O-])cc1O)C(=O)NC2=O. The number of fused-ring (bicyclic) bond motifs is 1. The van der Waals surface area contributed by atoms with E-state index in [1.807, 2.05) is 5.32 Å². The molecule has 4 N–H and O–H groups in total. The fourth-order valence-corrected chi connectivity index (χ4v) is 2.61. The second-order valence-corrected chi connectivity index (χ2v) is 5.23. The number of nitro benzene ring substituents is 1. The summed E-state index contributed by atoms with van der Waals surface area (Å²) in [6, 6.07) is 2.59. The molecule has 0 aliphatic carbocycles. The van der Waals surface area contributed by atoms with E-state index in [1.165, 1.54) is 0 Å². The molecule has 10 nitrogen and oxygen atoms in total. The van der Waals surface area contributed by atoms with Crippen molar-refractivity contribution in [1.82, 2.24) is 9.88 Å². The van der Waals surface area contributed by atoms with E-state index in [0.717, 1.165) is 22.8 Å². The molecule has 0 bridgehead atoms. The van der Waals surface area contributed by atoms with Gasteiger partial charge in [0.2, 0.25) is 0 Å². The topological polar surface area (TPSA) is 158 Å². The molecule has 0 radical (unpaired) electrons. The highest BCUT2D eigenvalue weighted by molar-refractivity contribution is 6.33. The van der Waals surface area contributed by atoms with Crippen LogP contribution in [0.2, 0.25) is 5.02 Å². The van der Waals surface area contributed by atoms with Gasteiger partial charge in [-0.25, -0.2) is 0 Å². The number of imide groups is 1. The van der Waals surface area contributed by atoms with E-state index in [1.54, 1.807) is 0 Å². The molecular weight excluding hydrogens is 344 g/mol. The Bertz CT molecular complexity index is 1010. The minimum atomic E-state index is -0.823. The lowest BCUT2D eigenvalue weighted by atomic mass is 10.1. The first-order chi connectivity index (χ1) is 11.2. The van der Waals surface area contributed by atoms with Gasteiger partial charge in [-0.3, -0.25) is 34.4 Å². The highest BCUT2D eigenvalue weighted by Crippen LogP contribution is 2.35. The number of carbonyl (C=O) groups excluding carboxylic acids is 2. The Labute approximate surface area is 137 Å². The summed E-state index contributed by atoms with van der Waals surface area (Å²) >= 11 is 5.78. The molecule has 2 amide bonds. The van der Waals surface area contributed by atoms with Crippen LogP contribution in [0, 0.1) is 10.1 Å². The van der Waals surface area contributed by atoms with Crippen molar-refractivity contribution in [3.8, 4) is 11.4 Å². The third-order valence-electron chi connectivity index (χ3n) is 3.43. The molecule has 0 fully saturated rings. The number of nitro groups is 1. The number of hydrogen-bond donors (Lipinski definition) is 3. The number of halogens is 1. The van der Waals surface area contributed by atoms with Gasteiger partial charge in [-0.05, 0) is 6.07 Å². The van der Waals surface area contributed by atoms with E-state index in [0.29, 0.717) is 0 Å². The molecule has 11 heteroatoms. The van der Waals surface area contributed by atoms with Crippen LogP contribution in [0.1, 0.15) is 20.7 Å². The van der Waals surface area contributed by atoms with E-state index >= 15 is 0 Å². The van der Waals surface area contributed by atoms with Crippen molar-refractivity contribution in [1.29, 1.82) is 0 Å². The van der Waals surface area contributed by atoms with Crippen LogP contribution >= 0.6 is 11.6 Å². The van der Waals surface area contributed by atoms with Crippen LogP contribution in [0.15, 0.2) is 23.0 Å². The Morgan fingerprint density at radius 2 is 1.88 bits per heavy atom. The number of nitrogen functional groups attached to an aromatic ring is 1. The molecule has 0 unspecified atom stereocenters. The normalized spacial score (nSPS) is 12.9. The third kappa shape index (κ3) is 2.08. The van der Waals surface area contributed by atoms with Gasteiger partial charge in [0.15, 0.2) is 0 Å². The minimum Gasteiger partial charge on any atom is -0.505 e. The fraction of sp³-hybridized carbons (Fsp3) is 0. The largest absolute Gasteiger partial charge is 0.505 e. The summed E-state index contributed by atoms with van der Waals surface area (Å²) in [7, 11) is 0. The number of benzene rings is 1. The average Bonchev–Trinajstić information content (AvgIpc) is 2.76. The van der Waals surface area contributed by atoms with E-state index < -0.39 is 39.6 Å². The number of amides is 2. The molecule has 1 aromatic carbocycles. The van der Waals surface area contributed by atoms with Crippen molar-refractivity contribution in [3.63, 3.8) is 0 Å². The number of aromatic hydroxyl groups is 1. The van der Waals surface area contributed by atoms with Crippen molar-refractivity contribution in [2.45, 2.75) is 0 Å². The Hall–Kier alpha value is -3.40. The number of rotatable bonds is 2. The average molecular weight is 351 g/mol. The van der Waals surface area contributed by atoms with Gasteiger partial charge in [0, 0.05) is 6.07 Å². The lowest BCUT2D eigenvalue weighted by Gasteiger charge is -2.13. The van der Waals surface area contributed by atoms with Crippen LogP contribution in [-0.2, 0) is 0 Å². The van der Waals surface area contributed by atoms with E-state index in [2.05, 4.69) is 0 Å². The van der Waals surface area contributed by atoms with Crippen LogP contribution in [0.5, 0.6) is 5.75 Å². The lowest BCUT2D eigenvalue weighted by Crippen LogP contribution is -2.24. The summed E-state index contributed by atoms with van der Waals surface area (Å²) in [4.78, 5) is 45.6. The predicted molar refractivity (Wildman–Crippen MR) is 81.6 cm³/mol. The molecule has 1 aliphatic rings. The van der Waals surface area contributed by atoms with Gasteiger partial charge in [0.05, 0.1) is 27.8 Å². The maximum Gasteiger partial charge on any atom is 0.291 e. The van der Waals surface area contributed by atoms with Gasteiger partial charge < -0.3 is 10.8 Å². The van der Waals surface area contributed by atoms with Crippen LogP contribution < -0.4 is 16.6 Å². The highest BCUT2D eigenvalue weighted by atomic mass is 35.5. The van der Waals surface area contributed by atoms with Crippen molar-refractivity contribution in [2.75, 3.05) is 5.73 Å². The van der Waals surface area contributed by atoms with Gasteiger partial charge in [-0.1, -0.05) is 11.6 Å². The number of phenols is 1. The summed E-state index contributed by atoms with van der Waals surface area (Å²) < 4.78 is 0.738. The lowest BCUT2D eigenvalue weighted by molar-refractivity contribution is -0.384. The number of hydrogen-bond acceptors (Lipinski definition) is 7. The molecule has 0 atom stereocenters. The van der Waals surface area contributed by atoms with Crippen LogP contribution in [0.4, 0.5) is 11.5 Å². The molecule has 0 spiro atoms. The van der Waals surface area contributed by atoms with Crippen LogP contribution in [-0.4, -0.2) is 26.4 Å². The molecule has 2 aromatic rings. The fourth-order valence-electron chi connectivity index (χ4n) is 2.39. The Morgan fingerprint density at radius 1 is 1.21 bits per heavy atom. The number of nitrogens with two attached hydrogens (primary N) is 1. The number of phenolic OH excluding ortho intramolecular Hbond substituents is 1. The molecule has 3 rings (SSSR count). The number of pyridine rings is 1. The van der Waals surface area contributed by atoms with Crippen LogP contribution in [0.25, 0.3) is 5.69 Å².